The first-order chi connectivity index (χ1) is 14.5. The van der Waals surface area contributed by atoms with Crippen LogP contribution in [0.1, 0.15) is 50.4 Å². The summed E-state index contributed by atoms with van der Waals surface area (Å²) in [5.74, 6) is 2.23. The van der Waals surface area contributed by atoms with E-state index in [0.717, 1.165) is 35.4 Å². The van der Waals surface area contributed by atoms with E-state index in [0.29, 0.717) is 30.5 Å². The van der Waals surface area contributed by atoms with Crippen LogP contribution in [0.15, 0.2) is 48.5 Å². The van der Waals surface area contributed by atoms with Crippen molar-refractivity contribution in [3.63, 3.8) is 0 Å². The Morgan fingerprint density at radius 2 is 1.93 bits per heavy atom. The minimum Gasteiger partial charge on any atom is -0.354 e. The summed E-state index contributed by atoms with van der Waals surface area (Å²) >= 11 is 6.25. The van der Waals surface area contributed by atoms with Crippen LogP contribution in [-0.4, -0.2) is 28.5 Å². The number of carbonyl (C=O) groups is 1. The highest BCUT2D eigenvalue weighted by molar-refractivity contribution is 6.31. The van der Waals surface area contributed by atoms with Crippen LogP contribution in [0, 0.1) is 0 Å². The van der Waals surface area contributed by atoms with Gasteiger partial charge in [0.25, 0.3) is 0 Å². The van der Waals surface area contributed by atoms with Crippen molar-refractivity contribution in [3.05, 3.63) is 64.9 Å². The van der Waals surface area contributed by atoms with E-state index in [2.05, 4.69) is 22.3 Å². The highest BCUT2D eigenvalue weighted by Gasteiger charge is 2.28. The molecule has 0 aliphatic heterocycles. The summed E-state index contributed by atoms with van der Waals surface area (Å²) in [5, 5.41) is 4.61. The molecule has 1 aliphatic rings. The van der Waals surface area contributed by atoms with Gasteiger partial charge in [-0.05, 0) is 50.5 Å². The van der Waals surface area contributed by atoms with Crippen LogP contribution in [0.3, 0.4) is 0 Å². The Hall–Kier alpha value is -2.66. The van der Waals surface area contributed by atoms with Crippen LogP contribution in [0.4, 0.5) is 5.82 Å². The maximum Gasteiger partial charge on any atom is 0.221 e. The van der Waals surface area contributed by atoms with Crippen LogP contribution in [0.2, 0.25) is 5.02 Å². The number of nitrogens with one attached hydrogen (secondary N) is 1. The largest absolute Gasteiger partial charge is 0.354 e. The minimum atomic E-state index is 0.0480. The van der Waals surface area contributed by atoms with Crippen LogP contribution >= 0.6 is 11.6 Å². The van der Waals surface area contributed by atoms with Crippen molar-refractivity contribution in [2.75, 3.05) is 11.4 Å². The third kappa shape index (κ3) is 5.08. The highest BCUT2D eigenvalue weighted by atomic mass is 35.5. The highest BCUT2D eigenvalue weighted by Crippen LogP contribution is 2.40. The first-order valence-corrected chi connectivity index (χ1v) is 10.9. The van der Waals surface area contributed by atoms with Gasteiger partial charge in [-0.25, -0.2) is 9.97 Å². The number of anilines is 1. The fraction of sp³-hybridized carbons (Fsp3) is 0.375. The van der Waals surface area contributed by atoms with Crippen molar-refractivity contribution in [3.8, 4) is 0 Å². The van der Waals surface area contributed by atoms with Crippen LogP contribution in [0.25, 0.3) is 10.9 Å². The Balaban J connectivity index is 1.71. The van der Waals surface area contributed by atoms with Crippen molar-refractivity contribution in [1.29, 1.82) is 0 Å². The third-order valence-corrected chi connectivity index (χ3v) is 5.41. The van der Waals surface area contributed by atoms with Gasteiger partial charge >= 0.3 is 0 Å². The lowest BCUT2D eigenvalue weighted by atomic mass is 10.1. The molecule has 1 saturated carbocycles. The second-order valence-corrected chi connectivity index (χ2v) is 8.66. The van der Waals surface area contributed by atoms with E-state index in [1.165, 1.54) is 5.56 Å². The first kappa shape index (κ1) is 20.6. The standard InChI is InChI=1S/C24H27ClN4O/c1-16(2)26-22(30)12-13-29(15-17-6-4-3-5-7-17)24-20-11-10-19(25)14-21(20)27-23(28-24)18-8-9-18/h3-7,10-11,14,16,18H,8-9,12-13,15H2,1-2H3,(H,26,30). The van der Waals surface area contributed by atoms with Gasteiger partial charge in [-0.2, -0.15) is 0 Å². The molecule has 30 heavy (non-hydrogen) atoms. The predicted octanol–water partition coefficient (Wildman–Crippen LogP) is 5.08. The molecule has 3 aromatic rings. The van der Waals surface area contributed by atoms with Gasteiger partial charge in [0.1, 0.15) is 11.6 Å². The summed E-state index contributed by atoms with van der Waals surface area (Å²) < 4.78 is 0. The lowest BCUT2D eigenvalue weighted by Crippen LogP contribution is -2.34. The smallest absolute Gasteiger partial charge is 0.221 e. The molecular weight excluding hydrogens is 396 g/mol. The third-order valence-electron chi connectivity index (χ3n) is 5.17. The first-order valence-electron chi connectivity index (χ1n) is 10.5. The molecule has 0 radical (unpaired) electrons. The van der Waals surface area contributed by atoms with Gasteiger partial charge in [-0.1, -0.05) is 41.9 Å². The van der Waals surface area contributed by atoms with Crippen LogP contribution < -0.4 is 10.2 Å². The molecule has 1 aliphatic carbocycles. The van der Waals surface area contributed by atoms with Crippen molar-refractivity contribution in [2.45, 2.75) is 51.6 Å². The molecule has 1 heterocycles. The van der Waals surface area contributed by atoms with E-state index >= 15 is 0 Å². The number of amides is 1. The average Bonchev–Trinajstić information content (AvgIpc) is 3.56. The fourth-order valence-electron chi connectivity index (χ4n) is 3.56. The zero-order valence-electron chi connectivity index (χ0n) is 17.4. The van der Waals surface area contributed by atoms with Gasteiger partial charge < -0.3 is 10.2 Å². The Labute approximate surface area is 182 Å². The molecule has 4 rings (SSSR count). The maximum absolute atomic E-state index is 12.3. The van der Waals surface area contributed by atoms with Crippen LogP contribution in [-0.2, 0) is 11.3 Å². The number of nitrogens with zero attached hydrogens (tertiary/aromatic N) is 3. The summed E-state index contributed by atoms with van der Waals surface area (Å²) in [7, 11) is 0. The van der Waals surface area contributed by atoms with E-state index in [1.807, 2.05) is 50.2 Å². The number of fused-ring (bicyclic) bond motifs is 1. The average molecular weight is 423 g/mol. The number of hydrogen-bond acceptors (Lipinski definition) is 4. The monoisotopic (exact) mass is 422 g/mol. The van der Waals surface area contributed by atoms with Crippen molar-refractivity contribution in [2.24, 2.45) is 0 Å². The van der Waals surface area contributed by atoms with E-state index in [9.17, 15) is 4.79 Å². The van der Waals surface area contributed by atoms with Crippen LogP contribution in [0.5, 0.6) is 0 Å². The number of rotatable bonds is 8. The fourth-order valence-corrected chi connectivity index (χ4v) is 3.73. The summed E-state index contributed by atoms with van der Waals surface area (Å²) in [4.78, 5) is 24.3. The van der Waals surface area contributed by atoms with Crippen molar-refractivity contribution >= 4 is 34.2 Å². The topological polar surface area (TPSA) is 58.1 Å². The second kappa shape index (κ2) is 9.00. The number of halogens is 1. The molecule has 5 nitrogen and oxygen atoms in total. The molecule has 0 bridgehead atoms. The van der Waals surface area contributed by atoms with Gasteiger partial charge in [-0.15, -0.1) is 0 Å². The van der Waals surface area contributed by atoms with Gasteiger partial charge in [0.05, 0.1) is 5.52 Å². The quantitative estimate of drug-likeness (QED) is 0.549. The zero-order chi connectivity index (χ0) is 21.1. The summed E-state index contributed by atoms with van der Waals surface area (Å²) in [6.07, 6.45) is 2.66. The van der Waals surface area contributed by atoms with E-state index in [4.69, 9.17) is 21.6 Å². The van der Waals surface area contributed by atoms with Crippen molar-refractivity contribution < 1.29 is 4.79 Å². The molecule has 156 valence electrons. The summed E-state index contributed by atoms with van der Waals surface area (Å²) in [5.41, 5.74) is 2.04. The lowest BCUT2D eigenvalue weighted by molar-refractivity contribution is -0.121. The number of aromatic nitrogens is 2. The molecule has 1 amide bonds. The molecule has 1 N–H and O–H groups in total. The molecule has 0 atom stereocenters. The van der Waals surface area contributed by atoms with Gasteiger partial charge in [-0.3, -0.25) is 4.79 Å². The Bertz CT molecular complexity index is 1030. The molecule has 0 saturated heterocycles. The molecule has 6 heteroatoms. The molecule has 2 aromatic carbocycles. The molecule has 0 spiro atoms. The number of hydrogen-bond donors (Lipinski definition) is 1. The van der Waals surface area contributed by atoms with E-state index in [1.54, 1.807) is 0 Å². The minimum absolute atomic E-state index is 0.0480. The molecule has 1 aromatic heterocycles. The molecular formula is C24H27ClN4O. The number of carbonyl (C=O) groups excluding carboxylic acids is 1. The van der Waals surface area contributed by atoms with E-state index < -0.39 is 0 Å². The maximum atomic E-state index is 12.3. The number of benzene rings is 2. The Morgan fingerprint density at radius 1 is 1.17 bits per heavy atom. The van der Waals surface area contributed by atoms with E-state index in [-0.39, 0.29) is 11.9 Å². The Kier molecular flexibility index (Phi) is 6.18. The summed E-state index contributed by atoms with van der Waals surface area (Å²) in [6, 6.07) is 16.2. The molecule has 0 unspecified atom stereocenters. The second-order valence-electron chi connectivity index (χ2n) is 8.22. The van der Waals surface area contributed by atoms with Crippen molar-refractivity contribution in [1.82, 2.24) is 15.3 Å². The van der Waals surface area contributed by atoms with Gasteiger partial charge in [0.15, 0.2) is 0 Å². The summed E-state index contributed by atoms with van der Waals surface area (Å²) in [6.45, 7) is 5.20. The Morgan fingerprint density at radius 3 is 2.63 bits per heavy atom. The lowest BCUT2D eigenvalue weighted by Gasteiger charge is -2.26. The normalized spacial score (nSPS) is 13.6. The SMILES string of the molecule is CC(C)NC(=O)CCN(Cc1ccccc1)c1nc(C2CC2)nc2cc(Cl)ccc12. The predicted molar refractivity (Wildman–Crippen MR) is 122 cm³/mol. The van der Waals surface area contributed by atoms with Gasteiger partial charge in [0.2, 0.25) is 5.91 Å². The molecule has 1 fully saturated rings. The van der Waals surface area contributed by atoms with Gasteiger partial charge in [0, 0.05) is 41.9 Å². The zero-order valence-corrected chi connectivity index (χ0v) is 18.2.